The first-order chi connectivity index (χ1) is 9.78. The van der Waals surface area contributed by atoms with Gasteiger partial charge in [0.1, 0.15) is 11.8 Å². The van der Waals surface area contributed by atoms with Gasteiger partial charge in [-0.1, -0.05) is 0 Å². The first-order valence-electron chi connectivity index (χ1n) is 7.32. The minimum absolute atomic E-state index is 0.654. The third-order valence-corrected chi connectivity index (χ3v) is 3.93. The van der Waals surface area contributed by atoms with Crippen LogP contribution >= 0.6 is 0 Å². The molecule has 1 unspecified atom stereocenters. The van der Waals surface area contributed by atoms with Gasteiger partial charge in [-0.3, -0.25) is 0 Å². The van der Waals surface area contributed by atoms with E-state index in [1.165, 1.54) is 12.8 Å². The molecule has 1 aliphatic rings. The van der Waals surface area contributed by atoms with Crippen LogP contribution in [0.2, 0.25) is 0 Å². The van der Waals surface area contributed by atoms with Crippen LogP contribution in [0.4, 0.5) is 5.69 Å². The van der Waals surface area contributed by atoms with Gasteiger partial charge in [-0.25, -0.2) is 0 Å². The molecular weight excluding hydrogens is 250 g/mol. The van der Waals surface area contributed by atoms with Crippen LogP contribution in [0.25, 0.3) is 0 Å². The highest BCUT2D eigenvalue weighted by atomic mass is 16.5. The van der Waals surface area contributed by atoms with Crippen molar-refractivity contribution in [3.05, 3.63) is 23.8 Å². The summed E-state index contributed by atoms with van der Waals surface area (Å²) >= 11 is 0. The molecule has 0 aliphatic carbocycles. The fourth-order valence-electron chi connectivity index (χ4n) is 2.78. The zero-order valence-electron chi connectivity index (χ0n) is 12.4. The number of hydrogen-bond donors (Lipinski definition) is 1. The quantitative estimate of drug-likeness (QED) is 0.895. The van der Waals surface area contributed by atoms with E-state index in [0.29, 0.717) is 5.92 Å². The number of rotatable bonds is 5. The molecule has 4 heteroatoms. The SMILES string of the molecule is CCN(CC1CCCNC1)c1cc(OC)ccc1C#N. The van der Waals surface area contributed by atoms with Crippen LogP contribution < -0.4 is 15.0 Å². The molecule has 1 atom stereocenters. The number of ether oxygens (including phenoxy) is 1. The van der Waals surface area contributed by atoms with E-state index in [0.717, 1.165) is 43.2 Å². The van der Waals surface area contributed by atoms with Crippen LogP contribution in [0, 0.1) is 17.2 Å². The predicted octanol–water partition coefficient (Wildman–Crippen LogP) is 2.39. The lowest BCUT2D eigenvalue weighted by Crippen LogP contribution is -2.38. The molecule has 1 aromatic carbocycles. The average molecular weight is 273 g/mol. The molecular formula is C16H23N3O. The van der Waals surface area contributed by atoms with Gasteiger partial charge in [0.2, 0.25) is 0 Å². The van der Waals surface area contributed by atoms with Gasteiger partial charge in [0.25, 0.3) is 0 Å². The third-order valence-electron chi connectivity index (χ3n) is 3.93. The van der Waals surface area contributed by atoms with Gasteiger partial charge >= 0.3 is 0 Å². The first-order valence-corrected chi connectivity index (χ1v) is 7.32. The van der Waals surface area contributed by atoms with E-state index in [2.05, 4.69) is 23.2 Å². The lowest BCUT2D eigenvalue weighted by Gasteiger charge is -2.31. The van der Waals surface area contributed by atoms with Crippen LogP contribution in [0.15, 0.2) is 18.2 Å². The molecule has 0 spiro atoms. The van der Waals surface area contributed by atoms with E-state index in [-0.39, 0.29) is 0 Å². The van der Waals surface area contributed by atoms with Crippen LogP contribution in [-0.2, 0) is 0 Å². The maximum atomic E-state index is 9.30. The normalized spacial score (nSPS) is 18.4. The van der Waals surface area contributed by atoms with Crippen molar-refractivity contribution in [3.63, 3.8) is 0 Å². The summed E-state index contributed by atoms with van der Waals surface area (Å²) < 4.78 is 5.29. The third kappa shape index (κ3) is 3.43. The van der Waals surface area contributed by atoms with Crippen LogP contribution in [0.5, 0.6) is 5.75 Å². The summed E-state index contributed by atoms with van der Waals surface area (Å²) in [6, 6.07) is 7.95. The van der Waals surface area contributed by atoms with Gasteiger partial charge in [-0.15, -0.1) is 0 Å². The summed E-state index contributed by atoms with van der Waals surface area (Å²) in [5.41, 5.74) is 1.70. The highest BCUT2D eigenvalue weighted by Crippen LogP contribution is 2.27. The lowest BCUT2D eigenvalue weighted by molar-refractivity contribution is 0.377. The van der Waals surface area contributed by atoms with Crippen LogP contribution in [-0.4, -0.2) is 33.3 Å². The fourth-order valence-corrected chi connectivity index (χ4v) is 2.78. The molecule has 1 aliphatic heterocycles. The molecule has 0 amide bonds. The molecule has 1 N–H and O–H groups in total. The van der Waals surface area contributed by atoms with Crippen LogP contribution in [0.1, 0.15) is 25.3 Å². The smallest absolute Gasteiger partial charge is 0.121 e. The zero-order valence-corrected chi connectivity index (χ0v) is 12.4. The second-order valence-corrected chi connectivity index (χ2v) is 5.25. The van der Waals surface area contributed by atoms with Crippen molar-refractivity contribution in [2.75, 3.05) is 38.2 Å². The van der Waals surface area contributed by atoms with E-state index in [4.69, 9.17) is 4.74 Å². The van der Waals surface area contributed by atoms with Crippen molar-refractivity contribution in [3.8, 4) is 11.8 Å². The fraction of sp³-hybridized carbons (Fsp3) is 0.562. The summed E-state index contributed by atoms with van der Waals surface area (Å²) in [4.78, 5) is 2.29. The molecule has 1 saturated heterocycles. The van der Waals surface area contributed by atoms with E-state index in [1.807, 2.05) is 18.2 Å². The number of hydrogen-bond acceptors (Lipinski definition) is 4. The monoisotopic (exact) mass is 273 g/mol. The van der Waals surface area contributed by atoms with Gasteiger partial charge in [0.05, 0.1) is 18.4 Å². The van der Waals surface area contributed by atoms with E-state index < -0.39 is 0 Å². The summed E-state index contributed by atoms with van der Waals surface area (Å²) in [5.74, 6) is 1.46. The Morgan fingerprint density at radius 1 is 1.50 bits per heavy atom. The molecule has 20 heavy (non-hydrogen) atoms. The Morgan fingerprint density at radius 2 is 2.35 bits per heavy atom. The highest BCUT2D eigenvalue weighted by Gasteiger charge is 2.18. The highest BCUT2D eigenvalue weighted by molar-refractivity contribution is 5.62. The summed E-state index contributed by atoms with van der Waals surface area (Å²) in [6.45, 7) is 6.23. The molecule has 4 nitrogen and oxygen atoms in total. The van der Waals surface area contributed by atoms with Crippen molar-refractivity contribution in [2.45, 2.75) is 19.8 Å². The second-order valence-electron chi connectivity index (χ2n) is 5.25. The molecule has 0 bridgehead atoms. The van der Waals surface area contributed by atoms with Crippen molar-refractivity contribution in [1.29, 1.82) is 5.26 Å². The van der Waals surface area contributed by atoms with Crippen molar-refractivity contribution in [1.82, 2.24) is 5.32 Å². The van der Waals surface area contributed by atoms with E-state index >= 15 is 0 Å². The number of anilines is 1. The Morgan fingerprint density at radius 3 is 2.95 bits per heavy atom. The first kappa shape index (κ1) is 14.7. The molecule has 0 radical (unpaired) electrons. The summed E-state index contributed by atoms with van der Waals surface area (Å²) in [6.07, 6.45) is 2.50. The number of nitrogens with one attached hydrogen (secondary N) is 1. The molecule has 1 fully saturated rings. The average Bonchev–Trinajstić information content (AvgIpc) is 2.53. The Balaban J connectivity index is 2.19. The van der Waals surface area contributed by atoms with Gasteiger partial charge in [-0.2, -0.15) is 5.26 Å². The Kier molecular flexibility index (Phi) is 5.25. The minimum Gasteiger partial charge on any atom is -0.497 e. The molecule has 108 valence electrons. The Labute approximate surface area is 121 Å². The Hall–Kier alpha value is -1.73. The molecule has 0 saturated carbocycles. The standard InChI is InChI=1S/C16H23N3O/c1-3-19(12-13-5-4-8-18-11-13)16-9-15(20-2)7-6-14(16)10-17/h6-7,9,13,18H,3-5,8,11-12H2,1-2H3. The molecule has 0 aromatic heterocycles. The number of methoxy groups -OCH3 is 1. The number of piperidine rings is 1. The van der Waals surface area contributed by atoms with Crippen molar-refractivity contribution in [2.24, 2.45) is 5.92 Å². The minimum atomic E-state index is 0.654. The van der Waals surface area contributed by atoms with Crippen molar-refractivity contribution >= 4 is 5.69 Å². The van der Waals surface area contributed by atoms with E-state index in [9.17, 15) is 5.26 Å². The summed E-state index contributed by atoms with van der Waals surface area (Å²) in [7, 11) is 1.66. The predicted molar refractivity (Wildman–Crippen MR) is 81.2 cm³/mol. The van der Waals surface area contributed by atoms with Gasteiger partial charge in [0.15, 0.2) is 0 Å². The largest absolute Gasteiger partial charge is 0.497 e. The topological polar surface area (TPSA) is 48.3 Å². The lowest BCUT2D eigenvalue weighted by atomic mass is 9.98. The van der Waals surface area contributed by atoms with Crippen molar-refractivity contribution < 1.29 is 4.74 Å². The maximum Gasteiger partial charge on any atom is 0.121 e. The number of nitriles is 1. The number of benzene rings is 1. The molecule has 2 rings (SSSR count). The van der Waals surface area contributed by atoms with E-state index in [1.54, 1.807) is 7.11 Å². The molecule has 1 heterocycles. The van der Waals surface area contributed by atoms with Gasteiger partial charge in [-0.05, 0) is 50.9 Å². The van der Waals surface area contributed by atoms with Crippen LogP contribution in [0.3, 0.4) is 0 Å². The summed E-state index contributed by atoms with van der Waals surface area (Å²) in [5, 5.41) is 12.8. The zero-order chi connectivity index (χ0) is 14.4. The Bertz CT molecular complexity index is 475. The maximum absolute atomic E-state index is 9.30. The molecule has 1 aromatic rings. The van der Waals surface area contributed by atoms with Gasteiger partial charge < -0.3 is 15.0 Å². The second kappa shape index (κ2) is 7.16. The number of nitrogens with zero attached hydrogens (tertiary/aromatic N) is 2. The van der Waals surface area contributed by atoms with Gasteiger partial charge in [0, 0.05) is 19.2 Å².